The predicted octanol–water partition coefficient (Wildman–Crippen LogP) is 5.05. The summed E-state index contributed by atoms with van der Waals surface area (Å²) in [5.74, 6) is 0.601. The van der Waals surface area contributed by atoms with Crippen LogP contribution in [0.3, 0.4) is 0 Å². The number of hydrogen-bond donors (Lipinski definition) is 0. The van der Waals surface area contributed by atoms with Crippen molar-refractivity contribution in [3.63, 3.8) is 0 Å². The molecular formula is C17H11ClN2O2S2. The highest BCUT2D eigenvalue weighted by molar-refractivity contribution is 7.98. The smallest absolute Gasteiger partial charge is 0.336 e. The van der Waals surface area contributed by atoms with E-state index in [9.17, 15) is 4.79 Å². The van der Waals surface area contributed by atoms with Crippen LogP contribution >= 0.6 is 34.7 Å². The van der Waals surface area contributed by atoms with E-state index >= 15 is 0 Å². The molecule has 0 N–H and O–H groups in total. The maximum Gasteiger partial charge on any atom is 0.336 e. The minimum absolute atomic E-state index is 0.358. The van der Waals surface area contributed by atoms with Crippen LogP contribution in [0.2, 0.25) is 5.02 Å². The first-order valence-corrected chi connectivity index (χ1v) is 9.40. The number of halogens is 1. The lowest BCUT2D eigenvalue weighted by Gasteiger charge is -2.07. The first-order valence-electron chi connectivity index (χ1n) is 7.16. The van der Waals surface area contributed by atoms with Crippen LogP contribution in [0.1, 0.15) is 11.1 Å². The summed E-state index contributed by atoms with van der Waals surface area (Å²) in [6, 6.07) is 7.19. The van der Waals surface area contributed by atoms with E-state index in [1.807, 2.05) is 24.4 Å². The van der Waals surface area contributed by atoms with Crippen LogP contribution in [0.5, 0.6) is 0 Å². The zero-order chi connectivity index (χ0) is 16.7. The SMILES string of the molecule is Cc1cc2oc(=O)cc(CSc3ncnc4sccc34)c2cc1Cl. The van der Waals surface area contributed by atoms with Crippen molar-refractivity contribution < 1.29 is 4.42 Å². The normalized spacial score (nSPS) is 11.4. The molecule has 0 aliphatic heterocycles. The van der Waals surface area contributed by atoms with Gasteiger partial charge in [-0.2, -0.15) is 0 Å². The maximum atomic E-state index is 11.9. The third kappa shape index (κ3) is 2.81. The molecule has 0 fully saturated rings. The van der Waals surface area contributed by atoms with Crippen molar-refractivity contribution in [1.82, 2.24) is 9.97 Å². The van der Waals surface area contributed by atoms with Crippen LogP contribution < -0.4 is 5.63 Å². The third-order valence-electron chi connectivity index (χ3n) is 3.70. The molecule has 3 aromatic heterocycles. The molecule has 4 nitrogen and oxygen atoms in total. The Kier molecular flexibility index (Phi) is 4.04. The second kappa shape index (κ2) is 6.20. The van der Waals surface area contributed by atoms with Crippen molar-refractivity contribution in [2.75, 3.05) is 0 Å². The van der Waals surface area contributed by atoms with Gasteiger partial charge in [-0.1, -0.05) is 11.6 Å². The number of thiophene rings is 1. The Morgan fingerprint density at radius 3 is 3.00 bits per heavy atom. The van der Waals surface area contributed by atoms with Crippen LogP contribution in [0.4, 0.5) is 0 Å². The molecule has 120 valence electrons. The minimum Gasteiger partial charge on any atom is -0.423 e. The van der Waals surface area contributed by atoms with Gasteiger partial charge >= 0.3 is 5.63 Å². The van der Waals surface area contributed by atoms with Gasteiger partial charge in [-0.05, 0) is 41.6 Å². The van der Waals surface area contributed by atoms with Gasteiger partial charge in [0.05, 0.1) is 0 Å². The van der Waals surface area contributed by atoms with Crippen LogP contribution in [0, 0.1) is 6.92 Å². The molecule has 0 aliphatic carbocycles. The fourth-order valence-corrected chi connectivity index (χ4v) is 4.43. The van der Waals surface area contributed by atoms with Crippen molar-refractivity contribution in [2.24, 2.45) is 0 Å². The zero-order valence-corrected chi connectivity index (χ0v) is 15.0. The lowest BCUT2D eigenvalue weighted by molar-refractivity contribution is 0.559. The summed E-state index contributed by atoms with van der Waals surface area (Å²) in [5, 5.41) is 5.45. The average molecular weight is 375 g/mol. The van der Waals surface area contributed by atoms with Crippen molar-refractivity contribution >= 4 is 55.9 Å². The van der Waals surface area contributed by atoms with Crippen molar-refractivity contribution in [1.29, 1.82) is 0 Å². The van der Waals surface area contributed by atoms with Crippen LogP contribution in [0.15, 0.2) is 50.2 Å². The van der Waals surface area contributed by atoms with Gasteiger partial charge in [0.1, 0.15) is 21.8 Å². The summed E-state index contributed by atoms with van der Waals surface area (Å²) in [4.78, 5) is 21.4. The number of hydrogen-bond acceptors (Lipinski definition) is 6. The van der Waals surface area contributed by atoms with Gasteiger partial charge in [-0.25, -0.2) is 14.8 Å². The number of rotatable bonds is 3. The molecule has 0 radical (unpaired) electrons. The van der Waals surface area contributed by atoms with Gasteiger partial charge in [0.2, 0.25) is 0 Å². The van der Waals surface area contributed by atoms with E-state index in [-0.39, 0.29) is 5.63 Å². The van der Waals surface area contributed by atoms with Gasteiger partial charge in [0.15, 0.2) is 0 Å². The number of nitrogens with zero attached hydrogens (tertiary/aromatic N) is 2. The van der Waals surface area contributed by atoms with E-state index in [0.717, 1.165) is 31.8 Å². The van der Waals surface area contributed by atoms with Crippen molar-refractivity contribution in [2.45, 2.75) is 17.7 Å². The number of aryl methyl sites for hydroxylation is 1. The Hall–Kier alpha value is -1.89. The Morgan fingerprint density at radius 2 is 2.12 bits per heavy atom. The molecule has 0 bridgehead atoms. The third-order valence-corrected chi connectivity index (χ3v) is 5.98. The van der Waals surface area contributed by atoms with E-state index in [2.05, 4.69) is 9.97 Å². The maximum absolute atomic E-state index is 11.9. The van der Waals surface area contributed by atoms with Gasteiger partial charge in [0, 0.05) is 27.6 Å². The molecule has 0 saturated heterocycles. The van der Waals surface area contributed by atoms with Crippen LogP contribution in [-0.2, 0) is 5.75 Å². The number of benzene rings is 1. The van der Waals surface area contributed by atoms with Gasteiger partial charge in [-0.15, -0.1) is 23.1 Å². The van der Waals surface area contributed by atoms with Crippen LogP contribution in [-0.4, -0.2) is 9.97 Å². The van der Waals surface area contributed by atoms with Gasteiger partial charge in [0.25, 0.3) is 0 Å². The molecule has 0 spiro atoms. The molecule has 0 atom stereocenters. The first-order chi connectivity index (χ1) is 11.6. The molecule has 24 heavy (non-hydrogen) atoms. The first kappa shape index (κ1) is 15.6. The predicted molar refractivity (Wildman–Crippen MR) is 99.2 cm³/mol. The van der Waals surface area contributed by atoms with E-state index in [0.29, 0.717) is 16.4 Å². The molecular weight excluding hydrogens is 364 g/mol. The minimum atomic E-state index is -0.358. The summed E-state index contributed by atoms with van der Waals surface area (Å²) in [6.45, 7) is 1.89. The summed E-state index contributed by atoms with van der Waals surface area (Å²) >= 11 is 9.39. The Labute approximate surface area is 150 Å². The lowest BCUT2D eigenvalue weighted by Crippen LogP contribution is -2.00. The number of fused-ring (bicyclic) bond motifs is 2. The highest BCUT2D eigenvalue weighted by Gasteiger charge is 2.11. The average Bonchev–Trinajstić information content (AvgIpc) is 3.03. The quantitative estimate of drug-likeness (QED) is 0.285. The summed E-state index contributed by atoms with van der Waals surface area (Å²) in [7, 11) is 0. The monoisotopic (exact) mass is 374 g/mol. The van der Waals surface area contributed by atoms with Gasteiger partial charge < -0.3 is 4.42 Å². The van der Waals surface area contributed by atoms with Crippen LogP contribution in [0.25, 0.3) is 21.2 Å². The zero-order valence-electron chi connectivity index (χ0n) is 12.6. The lowest BCUT2D eigenvalue weighted by atomic mass is 10.1. The molecule has 4 rings (SSSR count). The number of aromatic nitrogens is 2. The largest absolute Gasteiger partial charge is 0.423 e. The molecule has 7 heteroatoms. The highest BCUT2D eigenvalue weighted by atomic mass is 35.5. The molecule has 0 amide bonds. The summed E-state index contributed by atoms with van der Waals surface area (Å²) in [6.07, 6.45) is 1.57. The van der Waals surface area contributed by atoms with Crippen molar-refractivity contribution in [3.8, 4) is 0 Å². The van der Waals surface area contributed by atoms with Gasteiger partial charge in [-0.3, -0.25) is 0 Å². The fourth-order valence-electron chi connectivity index (χ4n) is 2.50. The molecule has 4 aromatic rings. The van der Waals surface area contributed by atoms with Crippen molar-refractivity contribution in [3.05, 3.63) is 62.5 Å². The Morgan fingerprint density at radius 1 is 1.25 bits per heavy atom. The topological polar surface area (TPSA) is 56.0 Å². The van der Waals surface area contributed by atoms with E-state index in [1.165, 1.54) is 6.07 Å². The second-order valence-corrected chi connectivity index (χ2v) is 7.56. The molecule has 3 heterocycles. The standard InChI is InChI=1S/C17H11ClN2O2S2/c1-9-4-14-12(6-13(9)18)10(5-15(21)22-14)7-24-17-11-2-3-23-16(11)19-8-20-17/h2-6,8H,7H2,1H3. The summed E-state index contributed by atoms with van der Waals surface area (Å²) in [5.41, 5.74) is 1.97. The van der Waals surface area contributed by atoms with E-state index in [4.69, 9.17) is 16.0 Å². The molecule has 0 unspecified atom stereocenters. The molecule has 1 aromatic carbocycles. The molecule has 0 aliphatic rings. The molecule has 0 saturated carbocycles. The van der Waals surface area contributed by atoms with E-state index < -0.39 is 0 Å². The second-order valence-electron chi connectivity index (χ2n) is 5.30. The summed E-state index contributed by atoms with van der Waals surface area (Å²) < 4.78 is 5.30. The van der Waals surface area contributed by atoms with E-state index in [1.54, 1.807) is 35.5 Å². The Balaban J connectivity index is 1.75. The highest BCUT2D eigenvalue weighted by Crippen LogP contribution is 2.32. The number of thioether (sulfide) groups is 1. The fraction of sp³-hybridized carbons (Fsp3) is 0.118. The Bertz CT molecular complexity index is 1120.